The standard InChI is InChI=1S/C15H20N2O/c1-11(2)17-9-15(8-16-17)18-10-14-6-12(3)5-13(4)7-14/h5-9,11H,10H2,1-4H3. The fourth-order valence-electron chi connectivity index (χ4n) is 2.00. The van der Waals surface area contributed by atoms with Crippen LogP contribution >= 0.6 is 0 Å². The molecule has 0 saturated carbocycles. The molecule has 3 heteroatoms. The second-order valence-corrected chi connectivity index (χ2v) is 5.03. The van der Waals surface area contributed by atoms with Gasteiger partial charge in [-0.2, -0.15) is 5.10 Å². The third kappa shape index (κ3) is 3.13. The van der Waals surface area contributed by atoms with Crippen molar-refractivity contribution in [3.8, 4) is 5.75 Å². The highest BCUT2D eigenvalue weighted by molar-refractivity contribution is 5.28. The van der Waals surface area contributed by atoms with Crippen molar-refractivity contribution in [2.24, 2.45) is 0 Å². The van der Waals surface area contributed by atoms with Crippen LogP contribution in [-0.4, -0.2) is 9.78 Å². The summed E-state index contributed by atoms with van der Waals surface area (Å²) in [7, 11) is 0. The van der Waals surface area contributed by atoms with Gasteiger partial charge in [-0.25, -0.2) is 0 Å². The van der Waals surface area contributed by atoms with Gasteiger partial charge in [-0.1, -0.05) is 29.3 Å². The molecule has 0 unspecified atom stereocenters. The molecule has 0 saturated heterocycles. The van der Waals surface area contributed by atoms with Crippen molar-refractivity contribution < 1.29 is 4.74 Å². The van der Waals surface area contributed by atoms with E-state index >= 15 is 0 Å². The molecule has 0 aliphatic heterocycles. The van der Waals surface area contributed by atoms with Crippen LogP contribution in [0.4, 0.5) is 0 Å². The molecule has 1 heterocycles. The Bertz CT molecular complexity index is 509. The summed E-state index contributed by atoms with van der Waals surface area (Å²) in [6.07, 6.45) is 3.70. The number of ether oxygens (including phenoxy) is 1. The van der Waals surface area contributed by atoms with Gasteiger partial charge < -0.3 is 4.74 Å². The molecule has 0 atom stereocenters. The van der Waals surface area contributed by atoms with E-state index in [0.29, 0.717) is 12.6 Å². The largest absolute Gasteiger partial charge is 0.486 e. The van der Waals surface area contributed by atoms with Gasteiger partial charge in [0.15, 0.2) is 5.75 Å². The lowest BCUT2D eigenvalue weighted by Crippen LogP contribution is -2.00. The second-order valence-electron chi connectivity index (χ2n) is 5.03. The number of aromatic nitrogens is 2. The van der Waals surface area contributed by atoms with Gasteiger partial charge in [-0.3, -0.25) is 4.68 Å². The summed E-state index contributed by atoms with van der Waals surface area (Å²) in [5, 5.41) is 4.25. The van der Waals surface area contributed by atoms with Crippen LogP contribution in [0.1, 0.15) is 36.6 Å². The highest BCUT2D eigenvalue weighted by Gasteiger charge is 2.03. The highest BCUT2D eigenvalue weighted by Crippen LogP contribution is 2.15. The Hall–Kier alpha value is -1.77. The first-order valence-electron chi connectivity index (χ1n) is 6.29. The van der Waals surface area contributed by atoms with Crippen LogP contribution in [-0.2, 0) is 6.61 Å². The molecule has 0 spiro atoms. The van der Waals surface area contributed by atoms with Gasteiger partial charge in [0.25, 0.3) is 0 Å². The van der Waals surface area contributed by atoms with E-state index in [1.165, 1.54) is 16.7 Å². The molecule has 0 fully saturated rings. The molecule has 0 aliphatic rings. The van der Waals surface area contributed by atoms with Gasteiger partial charge in [0.1, 0.15) is 6.61 Å². The summed E-state index contributed by atoms with van der Waals surface area (Å²) in [6.45, 7) is 8.99. The first kappa shape index (κ1) is 12.7. The molecule has 18 heavy (non-hydrogen) atoms. The van der Waals surface area contributed by atoms with Crippen LogP contribution in [0, 0.1) is 13.8 Å². The summed E-state index contributed by atoms with van der Waals surface area (Å²) < 4.78 is 7.65. The number of benzene rings is 1. The van der Waals surface area contributed by atoms with E-state index in [4.69, 9.17) is 4.74 Å². The minimum Gasteiger partial charge on any atom is -0.486 e. The van der Waals surface area contributed by atoms with Crippen molar-refractivity contribution in [2.75, 3.05) is 0 Å². The third-order valence-corrected chi connectivity index (χ3v) is 2.79. The maximum Gasteiger partial charge on any atom is 0.157 e. The molecular weight excluding hydrogens is 224 g/mol. The van der Waals surface area contributed by atoms with Crippen molar-refractivity contribution in [2.45, 2.75) is 40.3 Å². The van der Waals surface area contributed by atoms with Crippen molar-refractivity contribution in [3.05, 3.63) is 47.3 Å². The number of hydrogen-bond donors (Lipinski definition) is 0. The lowest BCUT2D eigenvalue weighted by molar-refractivity contribution is 0.305. The zero-order chi connectivity index (χ0) is 13.1. The van der Waals surface area contributed by atoms with Crippen LogP contribution < -0.4 is 4.74 Å². The molecule has 0 N–H and O–H groups in total. The van der Waals surface area contributed by atoms with Gasteiger partial charge in [0.2, 0.25) is 0 Å². The van der Waals surface area contributed by atoms with Crippen molar-refractivity contribution >= 4 is 0 Å². The maximum absolute atomic E-state index is 5.75. The number of aryl methyl sites for hydroxylation is 2. The summed E-state index contributed by atoms with van der Waals surface area (Å²) in [6, 6.07) is 6.84. The van der Waals surface area contributed by atoms with Crippen LogP contribution in [0.25, 0.3) is 0 Å². The molecule has 0 bridgehead atoms. The molecule has 3 nitrogen and oxygen atoms in total. The Kier molecular flexibility index (Phi) is 3.70. The first-order chi connectivity index (χ1) is 8.54. The van der Waals surface area contributed by atoms with E-state index in [-0.39, 0.29) is 0 Å². The second kappa shape index (κ2) is 5.25. The summed E-state index contributed by atoms with van der Waals surface area (Å²) in [4.78, 5) is 0. The highest BCUT2D eigenvalue weighted by atomic mass is 16.5. The molecule has 2 rings (SSSR count). The van der Waals surface area contributed by atoms with E-state index in [1.54, 1.807) is 6.20 Å². The zero-order valence-corrected chi connectivity index (χ0v) is 11.5. The first-order valence-corrected chi connectivity index (χ1v) is 6.29. The van der Waals surface area contributed by atoms with Crippen molar-refractivity contribution in [1.29, 1.82) is 0 Å². The zero-order valence-electron chi connectivity index (χ0n) is 11.5. The predicted octanol–water partition coefficient (Wildman–Crippen LogP) is 3.66. The average Bonchev–Trinajstić information content (AvgIpc) is 2.73. The Morgan fingerprint density at radius 2 is 1.83 bits per heavy atom. The Morgan fingerprint density at radius 1 is 1.17 bits per heavy atom. The SMILES string of the molecule is Cc1cc(C)cc(COc2cnn(C(C)C)c2)c1. The van der Waals surface area contributed by atoms with Crippen LogP contribution in [0.2, 0.25) is 0 Å². The molecule has 2 aromatic rings. The van der Waals surface area contributed by atoms with E-state index in [0.717, 1.165) is 5.75 Å². The minimum absolute atomic E-state index is 0.364. The van der Waals surface area contributed by atoms with Gasteiger partial charge >= 0.3 is 0 Å². The predicted molar refractivity (Wildman–Crippen MR) is 72.9 cm³/mol. The molecule has 0 amide bonds. The number of hydrogen-bond acceptors (Lipinski definition) is 2. The van der Waals surface area contributed by atoms with Gasteiger partial charge in [-0.05, 0) is 33.3 Å². The summed E-state index contributed by atoms with van der Waals surface area (Å²) in [5.74, 6) is 0.822. The lowest BCUT2D eigenvalue weighted by atomic mass is 10.1. The molecule has 1 aromatic heterocycles. The Balaban J connectivity index is 2.02. The van der Waals surface area contributed by atoms with E-state index < -0.39 is 0 Å². The van der Waals surface area contributed by atoms with Crippen molar-refractivity contribution in [3.63, 3.8) is 0 Å². The topological polar surface area (TPSA) is 27.1 Å². The Morgan fingerprint density at radius 3 is 2.39 bits per heavy atom. The number of nitrogens with zero attached hydrogens (tertiary/aromatic N) is 2. The minimum atomic E-state index is 0.364. The fraction of sp³-hybridized carbons (Fsp3) is 0.400. The normalized spacial score (nSPS) is 10.9. The summed E-state index contributed by atoms with van der Waals surface area (Å²) in [5.41, 5.74) is 3.74. The molecule has 0 radical (unpaired) electrons. The quantitative estimate of drug-likeness (QED) is 0.820. The number of rotatable bonds is 4. The average molecular weight is 244 g/mol. The van der Waals surface area contributed by atoms with Gasteiger partial charge in [-0.15, -0.1) is 0 Å². The lowest BCUT2D eigenvalue weighted by Gasteiger charge is -2.06. The van der Waals surface area contributed by atoms with Crippen molar-refractivity contribution in [1.82, 2.24) is 9.78 Å². The maximum atomic E-state index is 5.75. The molecule has 96 valence electrons. The summed E-state index contributed by atoms with van der Waals surface area (Å²) >= 11 is 0. The monoisotopic (exact) mass is 244 g/mol. The third-order valence-electron chi connectivity index (χ3n) is 2.79. The molecule has 0 aliphatic carbocycles. The van der Waals surface area contributed by atoms with E-state index in [1.807, 2.05) is 10.9 Å². The van der Waals surface area contributed by atoms with Crippen LogP contribution in [0.3, 0.4) is 0 Å². The smallest absolute Gasteiger partial charge is 0.157 e. The Labute approximate surface area is 108 Å². The van der Waals surface area contributed by atoms with E-state index in [2.05, 4.69) is 51.0 Å². The van der Waals surface area contributed by atoms with Crippen LogP contribution in [0.15, 0.2) is 30.6 Å². The van der Waals surface area contributed by atoms with Gasteiger partial charge in [0.05, 0.1) is 12.4 Å². The molecular formula is C15H20N2O. The van der Waals surface area contributed by atoms with E-state index in [9.17, 15) is 0 Å². The fourth-order valence-corrected chi connectivity index (χ4v) is 2.00. The van der Waals surface area contributed by atoms with Gasteiger partial charge in [0, 0.05) is 6.04 Å². The van der Waals surface area contributed by atoms with Crippen LogP contribution in [0.5, 0.6) is 5.75 Å². The molecule has 1 aromatic carbocycles.